The number of halogens is 1. The monoisotopic (exact) mass is 261 g/mol. The molecule has 0 saturated carbocycles. The molecule has 2 aromatic carbocycles. The Morgan fingerprint density at radius 2 is 1.89 bits per heavy atom. The van der Waals surface area contributed by atoms with Crippen LogP contribution >= 0.6 is 0 Å². The summed E-state index contributed by atoms with van der Waals surface area (Å²) in [6.45, 7) is 3.80. The van der Waals surface area contributed by atoms with E-state index in [2.05, 4.69) is 0 Å². The fourth-order valence-electron chi connectivity index (χ4n) is 1.78. The van der Waals surface area contributed by atoms with E-state index in [4.69, 9.17) is 10.5 Å². The van der Waals surface area contributed by atoms with Gasteiger partial charge in [-0.3, -0.25) is 0 Å². The smallest absolute Gasteiger partial charge is 0.139 e. The third kappa shape index (κ3) is 2.96. The summed E-state index contributed by atoms with van der Waals surface area (Å²) in [5.41, 5.74) is 6.72. The van der Waals surface area contributed by atoms with E-state index in [0.717, 1.165) is 0 Å². The van der Waals surface area contributed by atoms with Crippen molar-refractivity contribution in [3.63, 3.8) is 0 Å². The van der Waals surface area contributed by atoms with Gasteiger partial charge >= 0.3 is 0 Å². The molecule has 3 N–H and O–H groups in total. The zero-order valence-corrected chi connectivity index (χ0v) is 10.9. The highest BCUT2D eigenvalue weighted by Gasteiger charge is 2.09. The van der Waals surface area contributed by atoms with Crippen LogP contribution in [-0.2, 0) is 0 Å². The van der Waals surface area contributed by atoms with E-state index in [9.17, 15) is 9.50 Å². The van der Waals surface area contributed by atoms with E-state index in [1.165, 1.54) is 12.1 Å². The molecule has 0 amide bonds. The van der Waals surface area contributed by atoms with Crippen LogP contribution in [0.5, 0.6) is 11.5 Å². The fourth-order valence-corrected chi connectivity index (χ4v) is 1.78. The molecule has 0 radical (unpaired) electrons. The Morgan fingerprint density at radius 3 is 2.53 bits per heavy atom. The first-order valence-corrected chi connectivity index (χ1v) is 6.02. The van der Waals surface area contributed by atoms with Crippen LogP contribution in [0.25, 0.3) is 11.1 Å². The molecule has 2 rings (SSSR count). The normalized spacial score (nSPS) is 10.7. The molecular formula is C15H16FNO2. The SMILES string of the molecule is CC(C)Oc1ccc(F)c(-c2ccc(N)c(O)c2)c1. The fraction of sp³-hybridized carbons (Fsp3) is 0.200. The first-order chi connectivity index (χ1) is 8.97. The predicted octanol–water partition coefficient (Wildman–Crippen LogP) is 3.57. The minimum atomic E-state index is -0.375. The highest BCUT2D eigenvalue weighted by Crippen LogP contribution is 2.31. The number of nitrogens with two attached hydrogens (primary N) is 1. The summed E-state index contributed by atoms with van der Waals surface area (Å²) in [5, 5.41) is 9.59. The van der Waals surface area contributed by atoms with Crippen molar-refractivity contribution < 1.29 is 14.2 Å². The lowest BCUT2D eigenvalue weighted by molar-refractivity contribution is 0.242. The van der Waals surface area contributed by atoms with E-state index in [1.807, 2.05) is 13.8 Å². The first kappa shape index (κ1) is 13.2. The van der Waals surface area contributed by atoms with Crippen LogP contribution in [0.3, 0.4) is 0 Å². The van der Waals surface area contributed by atoms with Crippen LogP contribution < -0.4 is 10.5 Å². The second-order valence-electron chi connectivity index (χ2n) is 4.58. The van der Waals surface area contributed by atoms with Gasteiger partial charge in [-0.15, -0.1) is 0 Å². The molecule has 0 atom stereocenters. The molecule has 0 fully saturated rings. The van der Waals surface area contributed by atoms with E-state index in [0.29, 0.717) is 16.9 Å². The Balaban J connectivity index is 2.45. The van der Waals surface area contributed by atoms with Gasteiger partial charge in [0.2, 0.25) is 0 Å². The number of phenols is 1. The molecule has 0 aliphatic heterocycles. The highest BCUT2D eigenvalue weighted by molar-refractivity contribution is 5.71. The number of aromatic hydroxyl groups is 1. The van der Waals surface area contributed by atoms with Crippen LogP contribution in [0, 0.1) is 5.82 Å². The number of phenolic OH excluding ortho intramolecular Hbond substituents is 1. The van der Waals surface area contributed by atoms with Gasteiger partial charge in [-0.05, 0) is 49.7 Å². The number of rotatable bonds is 3. The molecule has 0 aliphatic carbocycles. The molecule has 4 heteroatoms. The maximum atomic E-state index is 13.9. The van der Waals surface area contributed by atoms with Crippen molar-refractivity contribution in [1.82, 2.24) is 0 Å². The number of benzene rings is 2. The number of hydrogen-bond donors (Lipinski definition) is 2. The Hall–Kier alpha value is -2.23. The van der Waals surface area contributed by atoms with Crippen molar-refractivity contribution in [2.45, 2.75) is 20.0 Å². The maximum absolute atomic E-state index is 13.9. The van der Waals surface area contributed by atoms with Gasteiger partial charge in [0.1, 0.15) is 17.3 Å². The molecule has 0 aromatic heterocycles. The second kappa shape index (κ2) is 5.18. The van der Waals surface area contributed by atoms with Gasteiger partial charge in [-0.1, -0.05) is 6.07 Å². The Morgan fingerprint density at radius 1 is 1.16 bits per heavy atom. The van der Waals surface area contributed by atoms with E-state index in [1.54, 1.807) is 24.3 Å². The molecule has 100 valence electrons. The zero-order valence-electron chi connectivity index (χ0n) is 10.9. The average molecular weight is 261 g/mol. The van der Waals surface area contributed by atoms with E-state index < -0.39 is 0 Å². The molecule has 0 spiro atoms. The van der Waals surface area contributed by atoms with Crippen molar-refractivity contribution in [1.29, 1.82) is 0 Å². The van der Waals surface area contributed by atoms with Crippen LogP contribution in [0.4, 0.5) is 10.1 Å². The van der Waals surface area contributed by atoms with Crippen LogP contribution in [-0.4, -0.2) is 11.2 Å². The topological polar surface area (TPSA) is 55.5 Å². The largest absolute Gasteiger partial charge is 0.506 e. The zero-order chi connectivity index (χ0) is 14.0. The van der Waals surface area contributed by atoms with E-state index >= 15 is 0 Å². The summed E-state index contributed by atoms with van der Waals surface area (Å²) in [6.07, 6.45) is 0.0122. The van der Waals surface area contributed by atoms with Crippen molar-refractivity contribution in [2.75, 3.05) is 5.73 Å². The maximum Gasteiger partial charge on any atom is 0.139 e. The molecule has 0 aliphatic rings. The molecular weight excluding hydrogens is 245 g/mol. The Kier molecular flexibility index (Phi) is 3.60. The highest BCUT2D eigenvalue weighted by atomic mass is 19.1. The van der Waals surface area contributed by atoms with Crippen molar-refractivity contribution in [2.24, 2.45) is 0 Å². The first-order valence-electron chi connectivity index (χ1n) is 6.02. The number of ether oxygens (including phenoxy) is 1. The summed E-state index contributed by atoms with van der Waals surface area (Å²) in [4.78, 5) is 0. The Bertz CT molecular complexity index is 597. The average Bonchev–Trinajstić information content (AvgIpc) is 2.34. The summed E-state index contributed by atoms with van der Waals surface area (Å²) < 4.78 is 19.4. The molecule has 0 unspecified atom stereocenters. The summed E-state index contributed by atoms with van der Waals surface area (Å²) >= 11 is 0. The predicted molar refractivity (Wildman–Crippen MR) is 73.7 cm³/mol. The van der Waals surface area contributed by atoms with Gasteiger partial charge in [-0.25, -0.2) is 4.39 Å². The Labute approximate surface area is 111 Å². The molecule has 3 nitrogen and oxygen atoms in total. The van der Waals surface area contributed by atoms with Crippen LogP contribution in [0.2, 0.25) is 0 Å². The summed E-state index contributed by atoms with van der Waals surface area (Å²) in [6, 6.07) is 9.18. The summed E-state index contributed by atoms with van der Waals surface area (Å²) in [5.74, 6) is 0.148. The van der Waals surface area contributed by atoms with Crippen LogP contribution in [0.15, 0.2) is 36.4 Å². The van der Waals surface area contributed by atoms with Gasteiger partial charge in [0.05, 0.1) is 11.8 Å². The van der Waals surface area contributed by atoms with Crippen LogP contribution in [0.1, 0.15) is 13.8 Å². The number of hydrogen-bond acceptors (Lipinski definition) is 3. The van der Waals surface area contributed by atoms with Gasteiger partial charge in [0.25, 0.3) is 0 Å². The number of anilines is 1. The molecule has 0 bridgehead atoms. The number of nitrogen functional groups attached to an aromatic ring is 1. The standard InChI is InChI=1S/C15H16FNO2/c1-9(2)19-11-4-5-13(16)12(8-11)10-3-6-14(17)15(18)7-10/h3-9,18H,17H2,1-2H3. The summed E-state index contributed by atoms with van der Waals surface area (Å²) in [7, 11) is 0. The lowest BCUT2D eigenvalue weighted by atomic mass is 10.0. The minimum Gasteiger partial charge on any atom is -0.506 e. The van der Waals surface area contributed by atoms with Crippen molar-refractivity contribution in [3.8, 4) is 22.6 Å². The lowest BCUT2D eigenvalue weighted by Gasteiger charge is -2.12. The van der Waals surface area contributed by atoms with Crippen molar-refractivity contribution >= 4 is 5.69 Å². The second-order valence-corrected chi connectivity index (χ2v) is 4.58. The van der Waals surface area contributed by atoms with Gasteiger partial charge < -0.3 is 15.6 Å². The molecule has 0 saturated heterocycles. The van der Waals surface area contributed by atoms with Crippen molar-refractivity contribution in [3.05, 3.63) is 42.2 Å². The van der Waals surface area contributed by atoms with Gasteiger partial charge in [0.15, 0.2) is 0 Å². The van der Waals surface area contributed by atoms with Gasteiger partial charge in [0, 0.05) is 5.56 Å². The minimum absolute atomic E-state index is 0.0122. The van der Waals surface area contributed by atoms with E-state index in [-0.39, 0.29) is 23.4 Å². The molecule has 0 heterocycles. The molecule has 2 aromatic rings. The molecule has 19 heavy (non-hydrogen) atoms. The quantitative estimate of drug-likeness (QED) is 0.656. The lowest BCUT2D eigenvalue weighted by Crippen LogP contribution is -2.05. The third-order valence-electron chi connectivity index (χ3n) is 2.65. The van der Waals surface area contributed by atoms with Gasteiger partial charge in [-0.2, -0.15) is 0 Å². The third-order valence-corrected chi connectivity index (χ3v) is 2.65.